The van der Waals surface area contributed by atoms with Crippen molar-refractivity contribution in [2.45, 2.75) is 44.9 Å². The van der Waals surface area contributed by atoms with Gasteiger partial charge in [-0.2, -0.15) is 0 Å². The van der Waals surface area contributed by atoms with Gasteiger partial charge in [0, 0.05) is 22.4 Å². The number of hydrogen-bond donors (Lipinski definition) is 0. The quantitative estimate of drug-likeness (QED) is 0.358. The second kappa shape index (κ2) is 10.9. The minimum atomic E-state index is -4.03. The van der Waals surface area contributed by atoms with Crippen LogP contribution >= 0.6 is 11.3 Å². The molecule has 0 radical (unpaired) electrons. The fourth-order valence-corrected chi connectivity index (χ4v) is 3.77. The van der Waals surface area contributed by atoms with Crippen molar-refractivity contribution in [3.8, 4) is 11.5 Å². The molecule has 1 aromatic rings. The SMILES string of the molecule is O=S(=O)([O-])CCCCCCCCC1COc2cscc2OC1.[Na+]. The molecule has 2 rings (SSSR count). The van der Waals surface area contributed by atoms with Gasteiger partial charge in [-0.25, -0.2) is 8.42 Å². The first-order chi connectivity index (χ1) is 10.5. The molecule has 0 unspecified atom stereocenters. The number of hydrogen-bond acceptors (Lipinski definition) is 6. The second-order valence-corrected chi connectivity index (χ2v) is 8.03. The molecule has 1 aromatic heterocycles. The van der Waals surface area contributed by atoms with Crippen molar-refractivity contribution < 1.29 is 52.0 Å². The van der Waals surface area contributed by atoms with E-state index in [4.69, 9.17) is 9.47 Å². The first-order valence-electron chi connectivity index (χ1n) is 7.80. The van der Waals surface area contributed by atoms with E-state index in [1.54, 1.807) is 11.3 Å². The second-order valence-electron chi connectivity index (χ2n) is 5.76. The van der Waals surface area contributed by atoms with Crippen LogP contribution in [0.3, 0.4) is 0 Å². The van der Waals surface area contributed by atoms with Gasteiger partial charge in [0.25, 0.3) is 0 Å². The molecule has 1 aliphatic rings. The minimum absolute atomic E-state index is 0. The van der Waals surface area contributed by atoms with Gasteiger partial charge in [-0.1, -0.05) is 32.1 Å². The molecule has 0 spiro atoms. The zero-order valence-corrected chi connectivity index (χ0v) is 17.3. The first kappa shape index (κ1) is 21.3. The van der Waals surface area contributed by atoms with Gasteiger partial charge in [-0.15, -0.1) is 11.3 Å². The molecule has 0 aliphatic carbocycles. The van der Waals surface area contributed by atoms with Crippen LogP contribution in [-0.4, -0.2) is 31.9 Å². The summed E-state index contributed by atoms with van der Waals surface area (Å²) < 4.78 is 42.8. The fraction of sp³-hybridized carbons (Fsp3) is 0.733. The minimum Gasteiger partial charge on any atom is -0.748 e. The van der Waals surface area contributed by atoms with Crippen LogP contribution in [0.1, 0.15) is 44.9 Å². The van der Waals surface area contributed by atoms with Gasteiger partial charge < -0.3 is 14.0 Å². The van der Waals surface area contributed by atoms with Crippen molar-refractivity contribution in [3.05, 3.63) is 10.8 Å². The maximum absolute atomic E-state index is 10.5. The van der Waals surface area contributed by atoms with Crippen molar-refractivity contribution in [1.29, 1.82) is 0 Å². The molecule has 8 heteroatoms. The summed E-state index contributed by atoms with van der Waals surface area (Å²) in [7, 11) is -4.03. The summed E-state index contributed by atoms with van der Waals surface area (Å²) in [5.41, 5.74) is 0. The van der Waals surface area contributed by atoms with Crippen LogP contribution in [0.2, 0.25) is 0 Å². The molecule has 5 nitrogen and oxygen atoms in total. The largest absolute Gasteiger partial charge is 1.00 e. The van der Waals surface area contributed by atoms with Gasteiger partial charge in [-0.3, -0.25) is 0 Å². The molecule has 0 amide bonds. The molecule has 0 bridgehead atoms. The third kappa shape index (κ3) is 8.74. The van der Waals surface area contributed by atoms with E-state index < -0.39 is 10.1 Å². The summed E-state index contributed by atoms with van der Waals surface area (Å²) in [6, 6.07) is 0. The predicted octanol–water partition coefficient (Wildman–Crippen LogP) is 0.415. The van der Waals surface area contributed by atoms with Crippen LogP contribution in [0, 0.1) is 5.92 Å². The van der Waals surface area contributed by atoms with Gasteiger partial charge in [0.15, 0.2) is 11.5 Å². The van der Waals surface area contributed by atoms with Crippen molar-refractivity contribution in [1.82, 2.24) is 0 Å². The smallest absolute Gasteiger partial charge is 0.748 e. The van der Waals surface area contributed by atoms with E-state index in [9.17, 15) is 13.0 Å². The molecular formula is C15H23NaO5S2. The summed E-state index contributed by atoms with van der Waals surface area (Å²) in [6.07, 6.45) is 6.72. The molecule has 0 N–H and O–H groups in total. The Labute approximate surface area is 164 Å². The van der Waals surface area contributed by atoms with Gasteiger partial charge in [0.2, 0.25) is 0 Å². The maximum atomic E-state index is 10.5. The van der Waals surface area contributed by atoms with E-state index in [-0.39, 0.29) is 35.3 Å². The molecule has 0 saturated carbocycles. The molecular weight excluding hydrogens is 347 g/mol. The Morgan fingerprint density at radius 3 is 2.09 bits per heavy atom. The number of rotatable bonds is 9. The average Bonchev–Trinajstić information content (AvgIpc) is 2.82. The van der Waals surface area contributed by atoms with Gasteiger partial charge in [-0.05, 0) is 12.8 Å². The number of unbranched alkanes of at least 4 members (excludes halogenated alkanes) is 5. The molecule has 1 aliphatic heterocycles. The molecule has 126 valence electrons. The summed E-state index contributed by atoms with van der Waals surface area (Å²) in [5, 5.41) is 3.94. The molecule has 0 aromatic carbocycles. The van der Waals surface area contributed by atoms with E-state index in [1.807, 2.05) is 10.8 Å². The average molecular weight is 370 g/mol. The topological polar surface area (TPSA) is 75.7 Å². The monoisotopic (exact) mass is 370 g/mol. The molecule has 2 heterocycles. The number of thiophene rings is 1. The van der Waals surface area contributed by atoms with Crippen LogP contribution < -0.4 is 39.0 Å². The van der Waals surface area contributed by atoms with Crippen molar-refractivity contribution in [2.75, 3.05) is 19.0 Å². The summed E-state index contributed by atoms with van der Waals surface area (Å²) in [5.74, 6) is 1.93. The van der Waals surface area contributed by atoms with Gasteiger partial charge in [0.05, 0.1) is 23.3 Å². The zero-order chi connectivity index (χ0) is 15.8. The summed E-state index contributed by atoms with van der Waals surface area (Å²) in [6.45, 7) is 1.43. The van der Waals surface area contributed by atoms with Gasteiger partial charge in [0.1, 0.15) is 0 Å². The van der Waals surface area contributed by atoms with E-state index in [1.165, 1.54) is 0 Å². The van der Waals surface area contributed by atoms with E-state index in [0.29, 0.717) is 25.6 Å². The van der Waals surface area contributed by atoms with Crippen LogP contribution in [0.5, 0.6) is 11.5 Å². The molecule has 0 saturated heterocycles. The summed E-state index contributed by atoms with van der Waals surface area (Å²) >= 11 is 1.59. The van der Waals surface area contributed by atoms with Crippen molar-refractivity contribution in [3.63, 3.8) is 0 Å². The van der Waals surface area contributed by atoms with E-state index >= 15 is 0 Å². The maximum Gasteiger partial charge on any atom is 1.00 e. The number of fused-ring (bicyclic) bond motifs is 1. The Morgan fingerprint density at radius 1 is 1.00 bits per heavy atom. The third-order valence-corrected chi connectivity index (χ3v) is 5.29. The Hall–Kier alpha value is 0.210. The summed E-state index contributed by atoms with van der Waals surface area (Å²) in [4.78, 5) is 0. The zero-order valence-electron chi connectivity index (χ0n) is 13.7. The fourth-order valence-electron chi connectivity index (χ4n) is 2.53. The Kier molecular flexibility index (Phi) is 10.1. The standard InChI is InChI=1S/C15H24O5S2.Na/c16-22(17,18)8-6-4-2-1-3-5-7-13-9-19-14-11-21-12-15(14)20-10-13;/h11-13H,1-10H2,(H,16,17,18);/q;+1/p-1. The van der Waals surface area contributed by atoms with Crippen LogP contribution in [0.15, 0.2) is 10.8 Å². The van der Waals surface area contributed by atoms with E-state index in [2.05, 4.69) is 0 Å². The Balaban J connectivity index is 0.00000264. The predicted molar refractivity (Wildman–Crippen MR) is 85.7 cm³/mol. The van der Waals surface area contributed by atoms with Crippen LogP contribution in [-0.2, 0) is 10.1 Å². The Bertz CT molecular complexity index is 521. The third-order valence-electron chi connectivity index (χ3n) is 3.80. The molecule has 23 heavy (non-hydrogen) atoms. The molecule has 0 atom stereocenters. The van der Waals surface area contributed by atoms with Crippen molar-refractivity contribution >= 4 is 21.5 Å². The number of ether oxygens (including phenoxy) is 2. The molecule has 0 fully saturated rings. The first-order valence-corrected chi connectivity index (χ1v) is 10.3. The normalized spacial score (nSPS) is 15.0. The van der Waals surface area contributed by atoms with Crippen LogP contribution in [0.4, 0.5) is 0 Å². The van der Waals surface area contributed by atoms with Crippen LogP contribution in [0.25, 0.3) is 0 Å². The van der Waals surface area contributed by atoms with E-state index in [0.717, 1.165) is 50.0 Å². The van der Waals surface area contributed by atoms with Crippen molar-refractivity contribution in [2.24, 2.45) is 5.92 Å². The Morgan fingerprint density at radius 2 is 1.52 bits per heavy atom. The van der Waals surface area contributed by atoms with Gasteiger partial charge >= 0.3 is 29.6 Å².